The molecule has 0 aliphatic rings. The molecule has 0 saturated heterocycles. The SMILES string of the molecule is C[Si](C)(C)OC[SiH2]OCCO. The molecule has 0 radical (unpaired) electrons. The highest BCUT2D eigenvalue weighted by molar-refractivity contribution is 6.70. The van der Waals surface area contributed by atoms with E-state index in [1.54, 1.807) is 0 Å². The van der Waals surface area contributed by atoms with Gasteiger partial charge < -0.3 is 14.0 Å². The third-order valence-electron chi connectivity index (χ3n) is 0.998. The second-order valence-corrected chi connectivity index (χ2v) is 9.03. The molecular formula is C6H18O3Si2. The van der Waals surface area contributed by atoms with Gasteiger partial charge in [0, 0.05) is 6.23 Å². The van der Waals surface area contributed by atoms with Crippen LogP contribution in [0.25, 0.3) is 0 Å². The van der Waals surface area contributed by atoms with E-state index < -0.39 is 18.1 Å². The third-order valence-corrected chi connectivity index (χ3v) is 3.42. The highest BCUT2D eigenvalue weighted by Crippen LogP contribution is 2.00. The second kappa shape index (κ2) is 5.90. The summed E-state index contributed by atoms with van der Waals surface area (Å²) in [5.41, 5.74) is 0. The van der Waals surface area contributed by atoms with Crippen molar-refractivity contribution in [2.24, 2.45) is 0 Å². The van der Waals surface area contributed by atoms with E-state index in [1.165, 1.54) is 0 Å². The molecule has 0 aromatic heterocycles. The van der Waals surface area contributed by atoms with Crippen molar-refractivity contribution in [1.29, 1.82) is 0 Å². The quantitative estimate of drug-likeness (QED) is 0.474. The zero-order chi connectivity index (χ0) is 8.74. The van der Waals surface area contributed by atoms with Gasteiger partial charge >= 0.3 is 0 Å². The zero-order valence-corrected chi connectivity index (χ0v) is 10.0. The van der Waals surface area contributed by atoms with Crippen LogP contribution >= 0.6 is 0 Å². The summed E-state index contributed by atoms with van der Waals surface area (Å²) in [6.07, 6.45) is 0.787. The minimum absolute atomic E-state index is 0.125. The Hall–Kier alpha value is 0.314. The maximum atomic E-state index is 8.39. The van der Waals surface area contributed by atoms with Gasteiger partial charge in [-0.05, 0) is 19.6 Å². The molecule has 0 amide bonds. The lowest BCUT2D eigenvalue weighted by Crippen LogP contribution is -2.28. The summed E-state index contributed by atoms with van der Waals surface area (Å²) >= 11 is 0. The van der Waals surface area contributed by atoms with Crippen LogP contribution in [0.5, 0.6) is 0 Å². The molecule has 0 bridgehead atoms. The summed E-state index contributed by atoms with van der Waals surface area (Å²) in [5.74, 6) is 0. The Labute approximate surface area is 71.8 Å². The topological polar surface area (TPSA) is 38.7 Å². The van der Waals surface area contributed by atoms with Gasteiger partial charge in [-0.3, -0.25) is 0 Å². The average Bonchev–Trinajstić information content (AvgIpc) is 1.85. The standard InChI is InChI=1S/C6H18O3Si2/c1-11(2,3)9-6-10-8-5-4-7/h7H,4-6,10H2,1-3H3. The van der Waals surface area contributed by atoms with Gasteiger partial charge in [0.15, 0.2) is 18.1 Å². The Morgan fingerprint density at radius 3 is 2.45 bits per heavy atom. The number of hydrogen-bond acceptors (Lipinski definition) is 3. The molecule has 0 aromatic carbocycles. The number of aliphatic hydroxyl groups excluding tert-OH is 1. The molecule has 5 heteroatoms. The highest BCUT2D eigenvalue weighted by Gasteiger charge is 2.13. The summed E-state index contributed by atoms with van der Waals surface area (Å²) in [4.78, 5) is 0. The largest absolute Gasteiger partial charge is 0.419 e. The molecule has 11 heavy (non-hydrogen) atoms. The first-order chi connectivity index (χ1) is 5.06. The normalized spacial score (nSPS) is 13.1. The van der Waals surface area contributed by atoms with Crippen molar-refractivity contribution < 1.29 is 14.0 Å². The molecule has 3 nitrogen and oxygen atoms in total. The van der Waals surface area contributed by atoms with E-state index in [-0.39, 0.29) is 6.61 Å². The molecule has 1 N–H and O–H groups in total. The van der Waals surface area contributed by atoms with E-state index in [2.05, 4.69) is 19.6 Å². The van der Waals surface area contributed by atoms with Gasteiger partial charge in [0.2, 0.25) is 0 Å². The molecule has 0 heterocycles. The van der Waals surface area contributed by atoms with Gasteiger partial charge in [0.05, 0.1) is 13.2 Å². The van der Waals surface area contributed by atoms with Crippen molar-refractivity contribution in [2.75, 3.05) is 19.4 Å². The summed E-state index contributed by atoms with van der Waals surface area (Å²) in [6.45, 7) is 7.08. The summed E-state index contributed by atoms with van der Waals surface area (Å²) in [7, 11) is -1.85. The first kappa shape index (κ1) is 11.3. The van der Waals surface area contributed by atoms with Crippen molar-refractivity contribution in [1.82, 2.24) is 0 Å². The van der Waals surface area contributed by atoms with Gasteiger partial charge in [-0.2, -0.15) is 0 Å². The third kappa shape index (κ3) is 10.3. The Morgan fingerprint density at radius 1 is 1.36 bits per heavy atom. The molecule has 0 aliphatic heterocycles. The van der Waals surface area contributed by atoms with Crippen LogP contribution in [-0.2, 0) is 8.85 Å². The van der Waals surface area contributed by atoms with Gasteiger partial charge in [-0.1, -0.05) is 0 Å². The van der Waals surface area contributed by atoms with Crippen LogP contribution < -0.4 is 0 Å². The summed E-state index contributed by atoms with van der Waals surface area (Å²) < 4.78 is 10.7. The van der Waals surface area contributed by atoms with Crippen LogP contribution in [0.3, 0.4) is 0 Å². The van der Waals surface area contributed by atoms with E-state index in [1.807, 2.05) is 0 Å². The van der Waals surface area contributed by atoms with Crippen molar-refractivity contribution in [2.45, 2.75) is 19.6 Å². The molecule has 0 aromatic rings. The number of rotatable bonds is 6. The lowest BCUT2D eigenvalue weighted by Gasteiger charge is -2.16. The van der Waals surface area contributed by atoms with Crippen molar-refractivity contribution in [3.63, 3.8) is 0 Å². The highest BCUT2D eigenvalue weighted by atomic mass is 28.4. The van der Waals surface area contributed by atoms with E-state index in [0.29, 0.717) is 6.61 Å². The molecule has 0 rings (SSSR count). The van der Waals surface area contributed by atoms with Crippen LogP contribution in [0, 0.1) is 0 Å². The molecule has 0 saturated carbocycles. The Kier molecular flexibility index (Phi) is 6.07. The number of aliphatic hydroxyl groups is 1. The van der Waals surface area contributed by atoms with Crippen molar-refractivity contribution in [3.8, 4) is 0 Å². The Morgan fingerprint density at radius 2 is 2.00 bits per heavy atom. The van der Waals surface area contributed by atoms with Gasteiger partial charge in [0.25, 0.3) is 0 Å². The molecule has 0 fully saturated rings. The zero-order valence-electron chi connectivity index (χ0n) is 7.59. The van der Waals surface area contributed by atoms with E-state index in [0.717, 1.165) is 6.23 Å². The Bertz CT molecular complexity index is 92.3. The smallest absolute Gasteiger partial charge is 0.185 e. The average molecular weight is 194 g/mol. The van der Waals surface area contributed by atoms with Crippen LogP contribution in [-0.4, -0.2) is 42.6 Å². The summed E-state index contributed by atoms with van der Waals surface area (Å²) in [6, 6.07) is 0. The first-order valence-corrected chi connectivity index (χ1v) is 8.87. The van der Waals surface area contributed by atoms with Crippen molar-refractivity contribution >= 4 is 18.1 Å². The van der Waals surface area contributed by atoms with E-state index in [9.17, 15) is 0 Å². The lowest BCUT2D eigenvalue weighted by molar-refractivity contribution is 0.200. The second-order valence-electron chi connectivity index (χ2n) is 3.30. The predicted octanol–water partition coefficient (Wildman–Crippen LogP) is -0.112. The Balaban J connectivity index is 3.02. The maximum Gasteiger partial charge on any atom is 0.185 e. The number of hydrogen-bond donors (Lipinski definition) is 1. The van der Waals surface area contributed by atoms with Crippen LogP contribution in [0.15, 0.2) is 0 Å². The molecule has 0 spiro atoms. The molecular weight excluding hydrogens is 176 g/mol. The first-order valence-electron chi connectivity index (χ1n) is 3.89. The lowest BCUT2D eigenvalue weighted by atomic mass is 10.8. The van der Waals surface area contributed by atoms with Crippen LogP contribution in [0.1, 0.15) is 0 Å². The van der Waals surface area contributed by atoms with Gasteiger partial charge in [-0.15, -0.1) is 0 Å². The molecule has 0 aliphatic carbocycles. The minimum Gasteiger partial charge on any atom is -0.419 e. The predicted molar refractivity (Wildman–Crippen MR) is 50.9 cm³/mol. The maximum absolute atomic E-state index is 8.39. The van der Waals surface area contributed by atoms with Crippen molar-refractivity contribution in [3.05, 3.63) is 0 Å². The van der Waals surface area contributed by atoms with Gasteiger partial charge in [0.1, 0.15) is 0 Å². The fourth-order valence-electron chi connectivity index (χ4n) is 0.573. The monoisotopic (exact) mass is 194 g/mol. The van der Waals surface area contributed by atoms with Crippen LogP contribution in [0.2, 0.25) is 19.6 Å². The fourth-order valence-corrected chi connectivity index (χ4v) is 3.81. The molecule has 0 atom stereocenters. The van der Waals surface area contributed by atoms with E-state index in [4.69, 9.17) is 14.0 Å². The fraction of sp³-hybridized carbons (Fsp3) is 1.00. The minimum atomic E-state index is -1.33. The molecule has 68 valence electrons. The molecule has 0 unspecified atom stereocenters. The van der Waals surface area contributed by atoms with Crippen LogP contribution in [0.4, 0.5) is 0 Å². The summed E-state index contributed by atoms with van der Waals surface area (Å²) in [5, 5.41) is 8.39. The van der Waals surface area contributed by atoms with Gasteiger partial charge in [-0.25, -0.2) is 0 Å². The van der Waals surface area contributed by atoms with E-state index >= 15 is 0 Å².